The van der Waals surface area contributed by atoms with Gasteiger partial charge in [-0.15, -0.1) is 0 Å². The van der Waals surface area contributed by atoms with Crippen molar-refractivity contribution < 1.29 is 27.4 Å². The highest BCUT2D eigenvalue weighted by Crippen LogP contribution is 2.32. The van der Waals surface area contributed by atoms with E-state index in [1.54, 1.807) is 6.07 Å². The van der Waals surface area contributed by atoms with Gasteiger partial charge in [-0.2, -0.15) is 13.2 Å². The van der Waals surface area contributed by atoms with E-state index < -0.39 is 11.9 Å². The lowest BCUT2D eigenvalue weighted by molar-refractivity contribution is -0.185. The quantitative estimate of drug-likeness (QED) is 0.160. The number of hydrogen-bond acceptors (Lipinski definition) is 6. The Labute approximate surface area is 275 Å². The Kier molecular flexibility index (Phi) is 11.2. The predicted molar refractivity (Wildman–Crippen MR) is 176 cm³/mol. The van der Waals surface area contributed by atoms with E-state index in [2.05, 4.69) is 51.2 Å². The summed E-state index contributed by atoms with van der Waals surface area (Å²) in [4.78, 5) is 8.02. The van der Waals surface area contributed by atoms with Gasteiger partial charge < -0.3 is 19.1 Å². The minimum atomic E-state index is -4.47. The second-order valence-electron chi connectivity index (χ2n) is 12.5. The molecule has 0 aliphatic carbocycles. The molecule has 0 N–H and O–H groups in total. The van der Waals surface area contributed by atoms with Crippen LogP contribution in [0.2, 0.25) is 0 Å². The Morgan fingerprint density at radius 1 is 0.681 bits per heavy atom. The van der Waals surface area contributed by atoms with Gasteiger partial charge in [0.25, 0.3) is 0 Å². The van der Waals surface area contributed by atoms with E-state index in [4.69, 9.17) is 14.2 Å². The molecule has 0 saturated carbocycles. The molecular weight excluding hydrogens is 603 g/mol. The summed E-state index contributed by atoms with van der Waals surface area (Å²) in [6.07, 6.45) is -2.09. The van der Waals surface area contributed by atoms with Crippen LogP contribution in [0.1, 0.15) is 35.2 Å². The normalized spacial score (nSPS) is 21.2. The lowest BCUT2D eigenvalue weighted by Crippen LogP contribution is -2.59. The molecule has 3 atom stereocenters. The molecule has 248 valence electrons. The van der Waals surface area contributed by atoms with Gasteiger partial charge in [0.15, 0.2) is 0 Å². The number of alkyl halides is 3. The van der Waals surface area contributed by atoms with Crippen molar-refractivity contribution in [3.8, 4) is 0 Å². The minimum absolute atomic E-state index is 0.248. The predicted octanol–water partition coefficient (Wildman–Crippen LogP) is 7.39. The van der Waals surface area contributed by atoms with Crippen molar-refractivity contribution in [3.05, 3.63) is 132 Å². The maximum absolute atomic E-state index is 13.4. The topological polar surface area (TPSA) is 47.1 Å². The number of benzene rings is 3. The third kappa shape index (κ3) is 9.41. The summed E-state index contributed by atoms with van der Waals surface area (Å²) in [6.45, 7) is 4.88. The van der Waals surface area contributed by atoms with Crippen LogP contribution in [0.25, 0.3) is 0 Å². The second-order valence-corrected chi connectivity index (χ2v) is 12.5. The fourth-order valence-corrected chi connectivity index (χ4v) is 6.60. The molecule has 3 aromatic carbocycles. The summed E-state index contributed by atoms with van der Waals surface area (Å²) in [5.74, 6) is 0.276. The second kappa shape index (κ2) is 15.9. The molecule has 2 fully saturated rings. The van der Waals surface area contributed by atoms with Crippen molar-refractivity contribution in [1.29, 1.82) is 0 Å². The van der Waals surface area contributed by atoms with E-state index in [1.807, 2.05) is 54.6 Å². The summed E-state index contributed by atoms with van der Waals surface area (Å²) < 4.78 is 60.1. The fraction of sp³-hybridized carbons (Fsp3) is 0.395. The highest BCUT2D eigenvalue weighted by atomic mass is 19.4. The first-order chi connectivity index (χ1) is 22.9. The standard InChI is InChI=1S/C38H42F3N3O3/c39-38(40,41)36-21-33(18-19-42-36)44-20-10-17-32(23-44)22-43-24-34(45-26-29-11-4-1-5-12-29)37(47-28-31-15-8-3-9-16-31)35(25-43)46-27-30-13-6-2-7-14-30/h1-9,11-16,18-19,21,32,34-35,37H,10,17,20,22-28H2/t32-,34-,35-/m1/s1. The van der Waals surface area contributed by atoms with Gasteiger partial charge in [0.2, 0.25) is 0 Å². The third-order valence-corrected chi connectivity index (χ3v) is 8.94. The summed E-state index contributed by atoms with van der Waals surface area (Å²) in [5, 5.41) is 0. The van der Waals surface area contributed by atoms with E-state index >= 15 is 0 Å². The number of pyridine rings is 1. The Morgan fingerprint density at radius 3 is 1.74 bits per heavy atom. The molecule has 47 heavy (non-hydrogen) atoms. The molecule has 2 aliphatic heterocycles. The molecule has 1 aromatic heterocycles. The molecule has 6 rings (SSSR count). The van der Waals surface area contributed by atoms with E-state index in [-0.39, 0.29) is 24.2 Å². The molecule has 2 aliphatic rings. The van der Waals surface area contributed by atoms with E-state index in [1.165, 1.54) is 12.3 Å². The Hall–Kier alpha value is -3.76. The highest BCUT2D eigenvalue weighted by Gasteiger charge is 2.40. The summed E-state index contributed by atoms with van der Waals surface area (Å²) in [6, 6.07) is 33.2. The number of halogens is 3. The van der Waals surface area contributed by atoms with Gasteiger partial charge in [0.1, 0.15) is 11.8 Å². The van der Waals surface area contributed by atoms with Crippen LogP contribution in [0.15, 0.2) is 109 Å². The third-order valence-electron chi connectivity index (χ3n) is 8.94. The van der Waals surface area contributed by atoms with E-state index in [9.17, 15) is 13.2 Å². The summed E-state index contributed by atoms with van der Waals surface area (Å²) in [7, 11) is 0. The zero-order chi connectivity index (χ0) is 32.5. The number of aromatic nitrogens is 1. The van der Waals surface area contributed by atoms with Gasteiger partial charge in [0.05, 0.1) is 32.0 Å². The Morgan fingerprint density at radius 2 is 1.21 bits per heavy atom. The van der Waals surface area contributed by atoms with Crippen molar-refractivity contribution in [2.24, 2.45) is 5.92 Å². The molecule has 0 amide bonds. The molecule has 0 spiro atoms. The number of piperidine rings is 2. The summed E-state index contributed by atoms with van der Waals surface area (Å²) in [5.41, 5.74) is 2.98. The number of nitrogens with zero attached hydrogens (tertiary/aromatic N) is 3. The van der Waals surface area contributed by atoms with Gasteiger partial charge in [-0.3, -0.25) is 9.88 Å². The minimum Gasteiger partial charge on any atom is -0.371 e. The molecule has 9 heteroatoms. The molecule has 2 saturated heterocycles. The molecule has 6 nitrogen and oxygen atoms in total. The molecule has 0 radical (unpaired) electrons. The number of anilines is 1. The molecule has 0 bridgehead atoms. The molecule has 0 unspecified atom stereocenters. The fourth-order valence-electron chi connectivity index (χ4n) is 6.60. The lowest BCUT2D eigenvalue weighted by atomic mass is 9.94. The smallest absolute Gasteiger partial charge is 0.371 e. The van der Waals surface area contributed by atoms with Crippen LogP contribution in [0, 0.1) is 5.92 Å². The van der Waals surface area contributed by atoms with Crippen LogP contribution >= 0.6 is 0 Å². The number of likely N-dealkylation sites (tertiary alicyclic amines) is 1. The average molecular weight is 646 g/mol. The van der Waals surface area contributed by atoms with E-state index in [0.717, 1.165) is 42.6 Å². The van der Waals surface area contributed by atoms with Crippen molar-refractivity contribution in [2.75, 3.05) is 37.6 Å². The maximum atomic E-state index is 13.4. The van der Waals surface area contributed by atoms with Crippen LogP contribution in [0.4, 0.5) is 18.9 Å². The first kappa shape index (κ1) is 33.2. The van der Waals surface area contributed by atoms with Gasteiger partial charge in [0, 0.05) is 44.6 Å². The van der Waals surface area contributed by atoms with Crippen molar-refractivity contribution in [2.45, 2.75) is 57.2 Å². The zero-order valence-electron chi connectivity index (χ0n) is 26.5. The van der Waals surface area contributed by atoms with Crippen LogP contribution in [-0.4, -0.2) is 60.9 Å². The van der Waals surface area contributed by atoms with E-state index in [0.29, 0.717) is 45.1 Å². The number of rotatable bonds is 12. The SMILES string of the molecule is FC(F)(F)c1cc(N2CCC[C@H](CN3C[C@@H](OCc4ccccc4)C(OCc4ccccc4)[C@H](OCc4ccccc4)C3)C2)ccn1. The lowest BCUT2D eigenvalue weighted by Gasteiger charge is -2.45. The highest BCUT2D eigenvalue weighted by molar-refractivity contribution is 5.47. The van der Waals surface area contributed by atoms with Gasteiger partial charge in [-0.25, -0.2) is 0 Å². The van der Waals surface area contributed by atoms with Gasteiger partial charge in [-0.05, 0) is 47.6 Å². The van der Waals surface area contributed by atoms with Crippen LogP contribution in [0.3, 0.4) is 0 Å². The average Bonchev–Trinajstić information content (AvgIpc) is 3.10. The summed E-state index contributed by atoms with van der Waals surface area (Å²) >= 11 is 0. The van der Waals surface area contributed by atoms with Crippen molar-refractivity contribution >= 4 is 5.69 Å². The molecule has 3 heterocycles. The Bertz CT molecular complexity index is 1460. The van der Waals surface area contributed by atoms with Crippen LogP contribution in [0.5, 0.6) is 0 Å². The first-order valence-electron chi connectivity index (χ1n) is 16.4. The van der Waals surface area contributed by atoms with Gasteiger partial charge >= 0.3 is 6.18 Å². The van der Waals surface area contributed by atoms with Gasteiger partial charge in [-0.1, -0.05) is 91.0 Å². The largest absolute Gasteiger partial charge is 0.433 e. The first-order valence-corrected chi connectivity index (χ1v) is 16.4. The number of ether oxygens (including phenoxy) is 3. The van der Waals surface area contributed by atoms with Crippen LogP contribution < -0.4 is 4.90 Å². The zero-order valence-corrected chi connectivity index (χ0v) is 26.5. The van der Waals surface area contributed by atoms with Crippen molar-refractivity contribution in [3.63, 3.8) is 0 Å². The maximum Gasteiger partial charge on any atom is 0.433 e. The number of hydrogen-bond donors (Lipinski definition) is 0. The molecule has 4 aromatic rings. The Balaban J connectivity index is 1.19. The van der Waals surface area contributed by atoms with Crippen molar-refractivity contribution in [1.82, 2.24) is 9.88 Å². The monoisotopic (exact) mass is 645 g/mol. The van der Waals surface area contributed by atoms with Crippen LogP contribution in [-0.2, 0) is 40.2 Å². The molecular formula is C38H42F3N3O3.